The van der Waals surface area contributed by atoms with E-state index in [0.29, 0.717) is 6.42 Å². The Bertz CT molecular complexity index is 248. The molecular formula is C20H41O2Sn. The predicted molar refractivity (Wildman–Crippen MR) is 103 cm³/mol. The average molecular weight is 432 g/mol. The SMILES string of the molecule is CCCCCCCCCCCC(=O)[O][Sn]([CH2]CCC)[CH2]CCC. The molecule has 0 rings (SSSR count). The molecule has 0 N–H and O–H groups in total. The van der Waals surface area contributed by atoms with Gasteiger partial charge in [-0.1, -0.05) is 6.92 Å². The summed E-state index contributed by atoms with van der Waals surface area (Å²) >= 11 is -1.85. The van der Waals surface area contributed by atoms with Crippen molar-refractivity contribution in [3.8, 4) is 0 Å². The molecule has 0 amide bonds. The molecule has 0 aliphatic carbocycles. The monoisotopic (exact) mass is 433 g/mol. The van der Waals surface area contributed by atoms with Gasteiger partial charge in [-0.2, -0.15) is 0 Å². The maximum atomic E-state index is 12.0. The van der Waals surface area contributed by atoms with Crippen LogP contribution >= 0.6 is 0 Å². The van der Waals surface area contributed by atoms with Crippen molar-refractivity contribution in [2.24, 2.45) is 0 Å². The first-order valence-electron chi connectivity index (χ1n) is 10.3. The molecule has 0 aromatic rings. The fourth-order valence-corrected chi connectivity index (χ4v) is 9.54. The van der Waals surface area contributed by atoms with E-state index in [1.165, 1.54) is 85.9 Å². The third-order valence-corrected chi connectivity index (χ3v) is 11.0. The number of rotatable bonds is 17. The number of unbranched alkanes of at least 4 members (excludes halogenated alkanes) is 10. The third-order valence-electron chi connectivity index (χ3n) is 4.36. The Morgan fingerprint density at radius 2 is 1.09 bits per heavy atom. The third kappa shape index (κ3) is 16.9. The molecule has 0 aliphatic heterocycles. The molecule has 0 heterocycles. The van der Waals surface area contributed by atoms with Crippen LogP contribution in [0, 0.1) is 0 Å². The summed E-state index contributed by atoms with van der Waals surface area (Å²) in [4.78, 5) is 12.0. The molecule has 0 bridgehead atoms. The Labute approximate surface area is 153 Å². The first-order valence-corrected chi connectivity index (χ1v) is 15.5. The van der Waals surface area contributed by atoms with Gasteiger partial charge in [0, 0.05) is 0 Å². The maximum absolute atomic E-state index is 12.0. The van der Waals surface area contributed by atoms with Crippen molar-refractivity contribution >= 4 is 26.1 Å². The van der Waals surface area contributed by atoms with Gasteiger partial charge in [0.2, 0.25) is 0 Å². The van der Waals surface area contributed by atoms with Crippen LogP contribution in [0.5, 0.6) is 0 Å². The molecule has 0 aromatic heterocycles. The molecule has 0 saturated carbocycles. The van der Waals surface area contributed by atoms with Gasteiger partial charge in [0.25, 0.3) is 0 Å². The molecule has 0 saturated heterocycles. The minimum atomic E-state index is -1.85. The zero-order valence-electron chi connectivity index (χ0n) is 16.1. The predicted octanol–water partition coefficient (Wildman–Crippen LogP) is 7.04. The molecule has 0 atom stereocenters. The van der Waals surface area contributed by atoms with Gasteiger partial charge in [0.05, 0.1) is 0 Å². The van der Waals surface area contributed by atoms with Crippen LogP contribution in [-0.2, 0) is 7.87 Å². The van der Waals surface area contributed by atoms with E-state index in [1.54, 1.807) is 0 Å². The van der Waals surface area contributed by atoms with Crippen molar-refractivity contribution in [1.29, 1.82) is 0 Å². The first-order chi connectivity index (χ1) is 11.2. The Balaban J connectivity index is 3.58. The zero-order valence-corrected chi connectivity index (χ0v) is 19.0. The molecular weight excluding hydrogens is 391 g/mol. The van der Waals surface area contributed by atoms with Crippen molar-refractivity contribution in [1.82, 2.24) is 0 Å². The molecule has 0 unspecified atom stereocenters. The van der Waals surface area contributed by atoms with E-state index in [1.807, 2.05) is 0 Å². The molecule has 0 aliphatic rings. The van der Waals surface area contributed by atoms with Crippen molar-refractivity contribution in [2.45, 2.75) is 120 Å². The molecule has 137 valence electrons. The average Bonchev–Trinajstić information content (AvgIpc) is 2.55. The Morgan fingerprint density at radius 3 is 1.57 bits per heavy atom. The Hall–Kier alpha value is 0.269. The summed E-state index contributed by atoms with van der Waals surface area (Å²) in [6.07, 6.45) is 17.4. The molecule has 3 heteroatoms. The topological polar surface area (TPSA) is 26.3 Å². The zero-order chi connectivity index (χ0) is 17.2. The van der Waals surface area contributed by atoms with Crippen LogP contribution in [0.25, 0.3) is 0 Å². The van der Waals surface area contributed by atoms with Crippen LogP contribution in [0.3, 0.4) is 0 Å². The van der Waals surface area contributed by atoms with Crippen molar-refractivity contribution in [2.75, 3.05) is 0 Å². The molecule has 23 heavy (non-hydrogen) atoms. The van der Waals surface area contributed by atoms with E-state index in [-0.39, 0.29) is 5.97 Å². The van der Waals surface area contributed by atoms with E-state index < -0.39 is 20.2 Å². The standard InChI is InChI=1S/C12H24O2.2C4H9.Sn/c1-2-3-4-5-6-7-8-9-10-11-12(13)14;2*1-3-4-2;/h2-11H2,1H3,(H,13,14);2*1,3-4H2,2H3;/q;;;+1/p-1. The second kappa shape index (κ2) is 18.6. The quantitative estimate of drug-likeness (QED) is 0.182. The Morgan fingerprint density at radius 1 is 0.652 bits per heavy atom. The van der Waals surface area contributed by atoms with Crippen molar-refractivity contribution in [3.63, 3.8) is 0 Å². The minimum absolute atomic E-state index is 0.120. The van der Waals surface area contributed by atoms with Crippen LogP contribution in [0.2, 0.25) is 8.87 Å². The van der Waals surface area contributed by atoms with Crippen molar-refractivity contribution in [3.05, 3.63) is 0 Å². The second-order valence-corrected chi connectivity index (χ2v) is 13.3. The molecule has 1 radical (unpaired) electrons. The van der Waals surface area contributed by atoms with E-state index >= 15 is 0 Å². The van der Waals surface area contributed by atoms with E-state index in [9.17, 15) is 4.79 Å². The van der Waals surface area contributed by atoms with Gasteiger partial charge in [-0.15, -0.1) is 0 Å². The van der Waals surface area contributed by atoms with Gasteiger partial charge in [0.1, 0.15) is 0 Å². The van der Waals surface area contributed by atoms with Gasteiger partial charge >= 0.3 is 147 Å². The van der Waals surface area contributed by atoms with Crippen LogP contribution in [0.4, 0.5) is 0 Å². The summed E-state index contributed by atoms with van der Waals surface area (Å²) in [6, 6.07) is 0. The fourth-order valence-electron chi connectivity index (χ4n) is 2.77. The summed E-state index contributed by atoms with van der Waals surface area (Å²) in [5.41, 5.74) is 0. The van der Waals surface area contributed by atoms with Crippen molar-refractivity contribution < 1.29 is 7.87 Å². The van der Waals surface area contributed by atoms with Crippen LogP contribution in [0.15, 0.2) is 0 Å². The normalized spacial score (nSPS) is 11.1. The van der Waals surface area contributed by atoms with E-state index in [0.717, 1.165) is 6.42 Å². The van der Waals surface area contributed by atoms with Gasteiger partial charge < -0.3 is 0 Å². The number of carbonyl (C=O) groups excluding carboxylic acids is 1. The summed E-state index contributed by atoms with van der Waals surface area (Å²) in [7, 11) is 0. The summed E-state index contributed by atoms with van der Waals surface area (Å²) in [6.45, 7) is 6.72. The second-order valence-electron chi connectivity index (χ2n) is 6.80. The van der Waals surface area contributed by atoms with Crippen LogP contribution in [0.1, 0.15) is 111 Å². The molecule has 0 spiro atoms. The van der Waals surface area contributed by atoms with Gasteiger partial charge in [-0.3, -0.25) is 0 Å². The van der Waals surface area contributed by atoms with Gasteiger partial charge in [0.15, 0.2) is 0 Å². The molecule has 0 aromatic carbocycles. The van der Waals surface area contributed by atoms with Crippen LogP contribution < -0.4 is 0 Å². The number of hydrogen-bond acceptors (Lipinski definition) is 2. The summed E-state index contributed by atoms with van der Waals surface area (Å²) in [5.74, 6) is 0.120. The first kappa shape index (κ1) is 23.3. The van der Waals surface area contributed by atoms with E-state index in [4.69, 9.17) is 3.07 Å². The number of hydrogen-bond donors (Lipinski definition) is 0. The summed E-state index contributed by atoms with van der Waals surface area (Å²) in [5, 5.41) is 0. The van der Waals surface area contributed by atoms with Gasteiger partial charge in [-0.05, 0) is 0 Å². The fraction of sp³-hybridized carbons (Fsp3) is 0.950. The van der Waals surface area contributed by atoms with E-state index in [2.05, 4.69) is 20.8 Å². The van der Waals surface area contributed by atoms with Crippen LogP contribution in [-0.4, -0.2) is 26.1 Å². The van der Waals surface area contributed by atoms with Gasteiger partial charge in [-0.25, -0.2) is 0 Å². The molecule has 0 fully saturated rings. The molecule has 2 nitrogen and oxygen atoms in total. The summed E-state index contributed by atoms with van der Waals surface area (Å²) < 4.78 is 8.36. The Kier molecular flexibility index (Phi) is 18.8. The number of carbonyl (C=O) groups is 1.